The maximum absolute atomic E-state index is 4.68. The molecule has 1 N–H and O–H groups in total. The molecule has 2 aromatic rings. The van der Waals surface area contributed by atoms with E-state index in [1.807, 2.05) is 0 Å². The fourth-order valence-electron chi connectivity index (χ4n) is 1.84. The van der Waals surface area contributed by atoms with Crippen LogP contribution in [0.15, 0.2) is 11.4 Å². The molecule has 1 aliphatic rings. The number of hydrogen-bond donors (Lipinski definition) is 1. The monoisotopic (exact) mass is 233 g/mol. The summed E-state index contributed by atoms with van der Waals surface area (Å²) in [5, 5.41) is 6.57. The summed E-state index contributed by atoms with van der Waals surface area (Å²) in [6, 6.07) is 2.09. The summed E-state index contributed by atoms with van der Waals surface area (Å²) in [5.41, 5.74) is 0.238. The zero-order valence-electron chi connectivity index (χ0n) is 9.58. The van der Waals surface area contributed by atoms with Gasteiger partial charge in [0, 0.05) is 12.0 Å². The molecule has 1 aliphatic carbocycles. The van der Waals surface area contributed by atoms with Gasteiger partial charge in [-0.1, -0.05) is 6.92 Å². The van der Waals surface area contributed by atoms with E-state index in [0.29, 0.717) is 0 Å². The van der Waals surface area contributed by atoms with Gasteiger partial charge in [-0.25, -0.2) is 9.97 Å². The quantitative estimate of drug-likeness (QED) is 0.884. The smallest absolute Gasteiger partial charge is 0.138 e. The highest BCUT2D eigenvalue weighted by Crippen LogP contribution is 2.46. The lowest BCUT2D eigenvalue weighted by molar-refractivity contribution is 0.717. The normalized spacial score (nSPS) is 17.6. The van der Waals surface area contributed by atoms with E-state index < -0.39 is 0 Å². The molecule has 0 spiro atoms. The number of fused-ring (bicyclic) bond motifs is 1. The van der Waals surface area contributed by atoms with Crippen LogP contribution in [0.5, 0.6) is 0 Å². The summed E-state index contributed by atoms with van der Waals surface area (Å²) in [5.74, 6) is 2.01. The zero-order chi connectivity index (χ0) is 11.2. The van der Waals surface area contributed by atoms with E-state index in [-0.39, 0.29) is 5.41 Å². The molecular formula is C12H15N3S. The summed E-state index contributed by atoms with van der Waals surface area (Å²) in [4.78, 5) is 10.5. The fourth-order valence-corrected chi connectivity index (χ4v) is 2.60. The van der Waals surface area contributed by atoms with Crippen LogP contribution in [0.2, 0.25) is 0 Å². The Balaban J connectivity index is 2.17. The Bertz CT molecular complexity index is 528. The van der Waals surface area contributed by atoms with Crippen LogP contribution < -0.4 is 5.32 Å². The highest BCUT2D eigenvalue weighted by atomic mass is 32.1. The van der Waals surface area contributed by atoms with Crippen molar-refractivity contribution < 1.29 is 0 Å². The molecule has 0 saturated heterocycles. The van der Waals surface area contributed by atoms with Crippen molar-refractivity contribution in [1.29, 1.82) is 0 Å². The van der Waals surface area contributed by atoms with Crippen molar-refractivity contribution in [1.82, 2.24) is 9.97 Å². The van der Waals surface area contributed by atoms with Gasteiger partial charge >= 0.3 is 0 Å². The molecule has 1 fully saturated rings. The Morgan fingerprint density at radius 2 is 2.25 bits per heavy atom. The lowest BCUT2D eigenvalue weighted by Crippen LogP contribution is -2.10. The molecule has 3 nitrogen and oxygen atoms in total. The number of aromatic nitrogens is 2. The van der Waals surface area contributed by atoms with Crippen LogP contribution in [0.4, 0.5) is 5.82 Å². The van der Waals surface area contributed by atoms with Gasteiger partial charge in [-0.3, -0.25) is 0 Å². The second-order valence-electron chi connectivity index (χ2n) is 4.63. The molecule has 1 saturated carbocycles. The second kappa shape index (κ2) is 3.42. The molecule has 0 unspecified atom stereocenters. The minimum absolute atomic E-state index is 0.238. The lowest BCUT2D eigenvalue weighted by Gasteiger charge is -2.10. The Labute approximate surface area is 98.9 Å². The predicted octanol–water partition coefficient (Wildman–Crippen LogP) is 3.17. The molecule has 0 aromatic carbocycles. The number of nitrogens with one attached hydrogen (secondary N) is 1. The van der Waals surface area contributed by atoms with Gasteiger partial charge in [0.25, 0.3) is 0 Å². The van der Waals surface area contributed by atoms with E-state index in [0.717, 1.165) is 28.4 Å². The van der Waals surface area contributed by atoms with E-state index in [1.165, 1.54) is 12.8 Å². The van der Waals surface area contributed by atoms with Crippen LogP contribution in [0, 0.1) is 0 Å². The Morgan fingerprint density at radius 3 is 2.94 bits per heavy atom. The minimum Gasteiger partial charge on any atom is -0.370 e. The molecule has 0 atom stereocenters. The van der Waals surface area contributed by atoms with Crippen molar-refractivity contribution in [2.24, 2.45) is 0 Å². The number of nitrogens with zero attached hydrogens (tertiary/aromatic N) is 2. The van der Waals surface area contributed by atoms with Gasteiger partial charge in [-0.2, -0.15) is 0 Å². The average Bonchev–Trinajstić information content (AvgIpc) is 2.85. The summed E-state index contributed by atoms with van der Waals surface area (Å²) < 4.78 is 0. The summed E-state index contributed by atoms with van der Waals surface area (Å²) in [7, 11) is 0. The van der Waals surface area contributed by atoms with Gasteiger partial charge in [0.05, 0.1) is 5.39 Å². The molecule has 2 heterocycles. The van der Waals surface area contributed by atoms with Crippen molar-refractivity contribution in [2.45, 2.75) is 32.1 Å². The van der Waals surface area contributed by atoms with Crippen LogP contribution in [0.1, 0.15) is 32.5 Å². The van der Waals surface area contributed by atoms with Crippen LogP contribution in [-0.4, -0.2) is 16.5 Å². The fraction of sp³-hybridized carbons (Fsp3) is 0.500. The van der Waals surface area contributed by atoms with E-state index in [1.54, 1.807) is 11.3 Å². The standard InChI is InChI=1S/C12H15N3S/c1-3-13-9-8-4-7-16-10(8)15-11(14-9)12(2)5-6-12/h4,7H,3,5-6H2,1-2H3,(H,13,14,15). The van der Waals surface area contributed by atoms with Crippen LogP contribution in [-0.2, 0) is 5.41 Å². The van der Waals surface area contributed by atoms with Crippen LogP contribution in [0.25, 0.3) is 10.2 Å². The number of anilines is 1. The van der Waals surface area contributed by atoms with Crippen molar-refractivity contribution in [2.75, 3.05) is 11.9 Å². The Kier molecular flexibility index (Phi) is 2.14. The predicted molar refractivity (Wildman–Crippen MR) is 68.2 cm³/mol. The van der Waals surface area contributed by atoms with Gasteiger partial charge in [-0.15, -0.1) is 11.3 Å². The summed E-state index contributed by atoms with van der Waals surface area (Å²) >= 11 is 1.69. The van der Waals surface area contributed by atoms with Crippen molar-refractivity contribution in [3.63, 3.8) is 0 Å². The number of hydrogen-bond acceptors (Lipinski definition) is 4. The first kappa shape index (κ1) is 10.0. The maximum Gasteiger partial charge on any atom is 0.138 e. The largest absolute Gasteiger partial charge is 0.370 e. The van der Waals surface area contributed by atoms with Gasteiger partial charge in [0.2, 0.25) is 0 Å². The van der Waals surface area contributed by atoms with E-state index in [9.17, 15) is 0 Å². The summed E-state index contributed by atoms with van der Waals surface area (Å²) in [6.07, 6.45) is 2.44. The third kappa shape index (κ3) is 1.48. The zero-order valence-corrected chi connectivity index (χ0v) is 10.4. The third-order valence-corrected chi connectivity index (χ3v) is 4.02. The molecule has 0 amide bonds. The third-order valence-electron chi connectivity index (χ3n) is 3.21. The van der Waals surface area contributed by atoms with Crippen molar-refractivity contribution >= 4 is 27.4 Å². The first-order valence-electron chi connectivity index (χ1n) is 5.72. The van der Waals surface area contributed by atoms with Crippen molar-refractivity contribution in [3.8, 4) is 0 Å². The van der Waals surface area contributed by atoms with E-state index in [2.05, 4.69) is 40.6 Å². The van der Waals surface area contributed by atoms with Gasteiger partial charge in [0.1, 0.15) is 16.5 Å². The van der Waals surface area contributed by atoms with Gasteiger partial charge in [0.15, 0.2) is 0 Å². The second-order valence-corrected chi connectivity index (χ2v) is 5.52. The maximum atomic E-state index is 4.68. The topological polar surface area (TPSA) is 37.8 Å². The highest BCUT2D eigenvalue weighted by Gasteiger charge is 2.42. The number of rotatable bonds is 3. The highest BCUT2D eigenvalue weighted by molar-refractivity contribution is 7.16. The SMILES string of the molecule is CCNc1nc(C2(C)CC2)nc2sccc12. The first-order valence-corrected chi connectivity index (χ1v) is 6.60. The molecule has 84 valence electrons. The lowest BCUT2D eigenvalue weighted by atomic mass is 10.1. The molecule has 16 heavy (non-hydrogen) atoms. The number of thiophene rings is 1. The summed E-state index contributed by atoms with van der Waals surface area (Å²) in [6.45, 7) is 5.24. The van der Waals surface area contributed by atoms with Gasteiger partial charge < -0.3 is 5.32 Å². The molecule has 0 bridgehead atoms. The van der Waals surface area contributed by atoms with Crippen LogP contribution in [0.3, 0.4) is 0 Å². The molecule has 0 aliphatic heterocycles. The minimum atomic E-state index is 0.238. The average molecular weight is 233 g/mol. The van der Waals surface area contributed by atoms with Crippen LogP contribution >= 0.6 is 11.3 Å². The Morgan fingerprint density at radius 1 is 1.44 bits per heavy atom. The Hall–Kier alpha value is -1.16. The van der Waals surface area contributed by atoms with Gasteiger partial charge in [-0.05, 0) is 31.2 Å². The molecule has 4 heteroatoms. The molecule has 3 rings (SSSR count). The van der Waals surface area contributed by atoms with E-state index in [4.69, 9.17) is 0 Å². The first-order chi connectivity index (χ1) is 7.73. The molecule has 0 radical (unpaired) electrons. The van der Waals surface area contributed by atoms with Crippen molar-refractivity contribution in [3.05, 3.63) is 17.3 Å². The molecule has 2 aromatic heterocycles. The molecular weight excluding hydrogens is 218 g/mol. The van der Waals surface area contributed by atoms with E-state index >= 15 is 0 Å².